The number of rotatable bonds is 12. The van der Waals surface area contributed by atoms with Crippen LogP contribution >= 0.6 is 15.9 Å². The van der Waals surface area contributed by atoms with Crippen LogP contribution in [0, 0.1) is 5.41 Å². The second-order valence-electron chi connectivity index (χ2n) is 11.3. The van der Waals surface area contributed by atoms with Crippen LogP contribution in [0.3, 0.4) is 0 Å². The number of allylic oxidation sites excluding steroid dienone is 1. The summed E-state index contributed by atoms with van der Waals surface area (Å²) in [6.07, 6.45) is -0.622. The highest BCUT2D eigenvalue weighted by Crippen LogP contribution is 2.33. The predicted octanol–water partition coefficient (Wildman–Crippen LogP) is 8.22. The lowest BCUT2D eigenvalue weighted by Crippen LogP contribution is -2.23. The van der Waals surface area contributed by atoms with Crippen molar-refractivity contribution in [1.82, 2.24) is 0 Å². The quantitative estimate of drug-likeness (QED) is 0.146. The Morgan fingerprint density at radius 1 is 1.00 bits per heavy atom. The van der Waals surface area contributed by atoms with Gasteiger partial charge in [0.1, 0.15) is 5.75 Å². The van der Waals surface area contributed by atoms with E-state index in [1.54, 1.807) is 24.3 Å². The van der Waals surface area contributed by atoms with Gasteiger partial charge in [-0.1, -0.05) is 81.5 Å². The molecule has 0 aliphatic rings. The van der Waals surface area contributed by atoms with Crippen LogP contribution in [0.1, 0.15) is 66.6 Å². The van der Waals surface area contributed by atoms with Crippen LogP contribution in [-0.2, 0) is 21.3 Å². The van der Waals surface area contributed by atoms with E-state index in [1.807, 2.05) is 30.3 Å². The largest absolute Gasteiger partial charge is 0.573 e. The molecule has 1 atom stereocenters. The second kappa shape index (κ2) is 14.5. The Morgan fingerprint density at radius 2 is 1.64 bits per heavy atom. The Hall–Kier alpha value is -3.48. The van der Waals surface area contributed by atoms with Crippen molar-refractivity contribution >= 4 is 49.5 Å². The van der Waals surface area contributed by atoms with E-state index in [4.69, 9.17) is 4.55 Å². The van der Waals surface area contributed by atoms with Crippen molar-refractivity contribution < 1.29 is 40.5 Å². The highest BCUT2D eigenvalue weighted by Gasteiger charge is 2.32. The molecule has 236 valence electrons. The van der Waals surface area contributed by atoms with Crippen molar-refractivity contribution in [3.05, 3.63) is 99.5 Å². The number of carbonyl (C=O) groups excluding carboxylic acids is 2. The van der Waals surface area contributed by atoms with Gasteiger partial charge in [0, 0.05) is 17.7 Å². The third kappa shape index (κ3) is 11.9. The third-order valence-electron chi connectivity index (χ3n) is 6.38. The highest BCUT2D eigenvalue weighted by atomic mass is 79.9. The molecule has 0 saturated heterocycles. The normalized spacial score (nSPS) is 13.1. The summed E-state index contributed by atoms with van der Waals surface area (Å²) in [5.41, 5.74) is 3.01. The molecule has 0 aliphatic heterocycles. The van der Waals surface area contributed by atoms with E-state index in [0.717, 1.165) is 17.2 Å². The topological polar surface area (TPSA) is 110 Å². The van der Waals surface area contributed by atoms with Crippen molar-refractivity contribution in [3.8, 4) is 5.75 Å². The molecule has 1 amide bonds. The van der Waals surface area contributed by atoms with Crippen molar-refractivity contribution in [1.29, 1.82) is 0 Å². The van der Waals surface area contributed by atoms with Gasteiger partial charge in [0.2, 0.25) is 5.91 Å². The summed E-state index contributed by atoms with van der Waals surface area (Å²) in [5, 5.41) is 2.77. The van der Waals surface area contributed by atoms with Crippen LogP contribution in [-0.4, -0.2) is 36.8 Å². The van der Waals surface area contributed by atoms with E-state index < -0.39 is 39.8 Å². The fourth-order valence-electron chi connectivity index (χ4n) is 4.18. The molecule has 0 fully saturated rings. The molecule has 0 bridgehead atoms. The Kier molecular flexibility index (Phi) is 11.6. The zero-order valence-corrected chi connectivity index (χ0v) is 26.7. The summed E-state index contributed by atoms with van der Waals surface area (Å²) in [6, 6.07) is 17.8. The maximum absolute atomic E-state index is 13.6. The molecule has 0 aliphatic carbocycles. The minimum Gasteiger partial charge on any atom is -0.405 e. The van der Waals surface area contributed by atoms with Gasteiger partial charge in [-0.25, -0.2) is 0 Å². The first-order chi connectivity index (χ1) is 20.4. The summed E-state index contributed by atoms with van der Waals surface area (Å²) in [4.78, 5) is 26.0. The Morgan fingerprint density at radius 3 is 2.18 bits per heavy atom. The molecule has 12 heteroatoms. The van der Waals surface area contributed by atoms with E-state index >= 15 is 0 Å². The van der Waals surface area contributed by atoms with E-state index in [-0.39, 0.29) is 40.6 Å². The SMILES string of the molecule is CC(C)(C)/C=C/c1ccc(C(Cc2ccc(C(=O)CCCS(=O)(=O)O)cc2)C(=O)Nc2ccc(OC(F)(F)F)c(Br)c2)cc1. The molecule has 1 unspecified atom stereocenters. The number of amides is 1. The molecule has 0 radical (unpaired) electrons. The maximum atomic E-state index is 13.6. The smallest absolute Gasteiger partial charge is 0.405 e. The number of ether oxygens (including phenoxy) is 1. The van der Waals surface area contributed by atoms with Gasteiger partial charge in [-0.05, 0) is 69.1 Å². The molecule has 0 saturated carbocycles. The summed E-state index contributed by atoms with van der Waals surface area (Å²) in [7, 11) is -4.15. The van der Waals surface area contributed by atoms with Crippen molar-refractivity contribution in [2.75, 3.05) is 11.1 Å². The number of benzene rings is 3. The highest BCUT2D eigenvalue weighted by molar-refractivity contribution is 9.10. The first-order valence-electron chi connectivity index (χ1n) is 13.6. The van der Waals surface area contributed by atoms with E-state index in [2.05, 4.69) is 52.8 Å². The first-order valence-corrected chi connectivity index (χ1v) is 16.0. The van der Waals surface area contributed by atoms with Gasteiger partial charge in [0.25, 0.3) is 10.1 Å². The molecule has 7 nitrogen and oxygen atoms in total. The van der Waals surface area contributed by atoms with Crippen LogP contribution in [0.4, 0.5) is 18.9 Å². The van der Waals surface area contributed by atoms with Crippen molar-refractivity contribution in [3.63, 3.8) is 0 Å². The minimum atomic E-state index is -4.87. The summed E-state index contributed by atoms with van der Waals surface area (Å²) >= 11 is 3.05. The number of Topliss-reactive ketones (excluding diaryl/α,β-unsaturated/α-hetero) is 1. The lowest BCUT2D eigenvalue weighted by molar-refractivity contribution is -0.274. The van der Waals surface area contributed by atoms with Crippen molar-refractivity contribution in [2.45, 2.75) is 52.3 Å². The number of nitrogens with one attached hydrogen (secondary N) is 1. The average Bonchev–Trinajstić information content (AvgIpc) is 2.91. The zero-order valence-electron chi connectivity index (χ0n) is 24.3. The fourth-order valence-corrected chi connectivity index (χ4v) is 5.15. The summed E-state index contributed by atoms with van der Waals surface area (Å²) in [6.45, 7) is 6.24. The zero-order chi connectivity index (χ0) is 32.7. The lowest BCUT2D eigenvalue weighted by Gasteiger charge is -2.19. The van der Waals surface area contributed by atoms with Crippen LogP contribution in [0.2, 0.25) is 0 Å². The fraction of sp³-hybridized carbons (Fsp3) is 0.312. The van der Waals surface area contributed by atoms with Gasteiger partial charge in [-0.15, -0.1) is 13.2 Å². The Bertz CT molecular complexity index is 1600. The van der Waals surface area contributed by atoms with Crippen molar-refractivity contribution in [2.24, 2.45) is 5.41 Å². The number of ketones is 1. The van der Waals surface area contributed by atoms with E-state index in [0.29, 0.717) is 11.1 Å². The molecular weight excluding hydrogens is 663 g/mol. The monoisotopic (exact) mass is 695 g/mol. The molecule has 0 heterocycles. The van der Waals surface area contributed by atoms with Gasteiger partial charge in [-0.3, -0.25) is 14.1 Å². The van der Waals surface area contributed by atoms with E-state index in [9.17, 15) is 31.2 Å². The van der Waals surface area contributed by atoms with E-state index in [1.165, 1.54) is 12.1 Å². The molecule has 3 rings (SSSR count). The van der Waals surface area contributed by atoms with Gasteiger partial charge in [-0.2, -0.15) is 8.42 Å². The van der Waals surface area contributed by atoms with Gasteiger partial charge >= 0.3 is 6.36 Å². The summed E-state index contributed by atoms with van der Waals surface area (Å²) in [5.74, 6) is -2.33. The number of alkyl halides is 3. The van der Waals surface area contributed by atoms with Crippen LogP contribution in [0.15, 0.2) is 77.3 Å². The van der Waals surface area contributed by atoms with Gasteiger partial charge in [0.05, 0.1) is 16.1 Å². The number of carbonyl (C=O) groups is 2. The summed E-state index contributed by atoms with van der Waals surface area (Å²) < 4.78 is 72.7. The molecule has 3 aromatic carbocycles. The Balaban J connectivity index is 1.83. The molecular formula is C32H33BrF3NO6S. The second-order valence-corrected chi connectivity index (χ2v) is 13.7. The predicted molar refractivity (Wildman–Crippen MR) is 167 cm³/mol. The standard InChI is InChI=1S/C32H33BrF3NO6S/c1-31(2,3)17-16-21-6-10-23(11-7-21)26(30(39)37-25-14-15-29(27(33)20-25)43-32(34,35)36)19-22-8-12-24(13-9-22)28(38)5-4-18-44(40,41)42/h6-17,20,26H,4-5,18-19H2,1-3H3,(H,37,39)(H,40,41,42)/b17-16+. The molecule has 0 aromatic heterocycles. The molecule has 0 spiro atoms. The van der Waals surface area contributed by atoms with Crippen LogP contribution in [0.5, 0.6) is 5.75 Å². The van der Waals surface area contributed by atoms with Gasteiger partial charge < -0.3 is 10.1 Å². The first kappa shape index (κ1) is 35.0. The number of hydrogen-bond acceptors (Lipinski definition) is 5. The number of anilines is 1. The molecule has 44 heavy (non-hydrogen) atoms. The Labute approximate surface area is 263 Å². The maximum Gasteiger partial charge on any atom is 0.573 e. The minimum absolute atomic E-state index is 0.0102. The van der Waals surface area contributed by atoms with Crippen LogP contribution in [0.25, 0.3) is 6.08 Å². The lowest BCUT2D eigenvalue weighted by atomic mass is 9.89. The molecule has 3 aromatic rings. The third-order valence-corrected chi connectivity index (χ3v) is 7.80. The van der Waals surface area contributed by atoms with Crippen LogP contribution < -0.4 is 10.1 Å². The van der Waals surface area contributed by atoms with Gasteiger partial charge in [0.15, 0.2) is 5.78 Å². The molecule has 2 N–H and O–H groups in total. The number of hydrogen-bond donors (Lipinski definition) is 2. The number of halogens is 4. The average molecular weight is 697 g/mol.